The molecule has 1 aromatic heterocycles. The third kappa shape index (κ3) is 4.45. The minimum absolute atomic E-state index is 0.162. The number of nitrogens with zero attached hydrogens (tertiary/aromatic N) is 3. The molecule has 4 rings (SSSR count). The van der Waals surface area contributed by atoms with Gasteiger partial charge >= 0.3 is 11.7 Å². The normalized spacial score (nSPS) is 15.4. The number of phenols is 1. The van der Waals surface area contributed by atoms with Crippen LogP contribution in [0.25, 0.3) is 6.08 Å². The molecule has 0 spiro atoms. The molecule has 0 bridgehead atoms. The number of aromatic hydroxyl groups is 1. The second kappa shape index (κ2) is 9.55. The van der Waals surface area contributed by atoms with E-state index in [2.05, 4.69) is 4.99 Å². The van der Waals surface area contributed by atoms with Gasteiger partial charge in [-0.15, -0.1) is 0 Å². The Morgan fingerprint density at radius 1 is 1.29 bits per heavy atom. The number of hydrogen-bond donors (Lipinski definition) is 1. The molecule has 0 saturated carbocycles. The first kappa shape index (κ1) is 23.9. The van der Waals surface area contributed by atoms with E-state index >= 15 is 0 Å². The largest absolute Gasteiger partial charge is 0.502 e. The number of nitro groups is 1. The molecule has 3 aromatic rings. The Balaban J connectivity index is 1.93. The Kier molecular flexibility index (Phi) is 6.52. The van der Waals surface area contributed by atoms with Crippen molar-refractivity contribution in [3.8, 4) is 11.5 Å². The van der Waals surface area contributed by atoms with Gasteiger partial charge in [0.1, 0.15) is 5.75 Å². The molecule has 2 heterocycles. The van der Waals surface area contributed by atoms with Crippen LogP contribution in [-0.2, 0) is 9.53 Å². The lowest BCUT2D eigenvalue weighted by molar-refractivity contribution is -0.385. The predicted octanol–water partition coefficient (Wildman–Crippen LogP) is 2.42. The SMILES string of the molecule is CCOC(=O)C1=C(C)N=c2s/c(=C/c3ccc(O)c([N+](=O)[O-])c3)c(=O)n2C1c1ccc(OC)cc1. The van der Waals surface area contributed by atoms with Gasteiger partial charge in [0.25, 0.3) is 5.56 Å². The predicted molar refractivity (Wildman–Crippen MR) is 128 cm³/mol. The Labute approximate surface area is 202 Å². The minimum Gasteiger partial charge on any atom is -0.502 e. The van der Waals surface area contributed by atoms with Crippen LogP contribution >= 0.6 is 11.3 Å². The van der Waals surface area contributed by atoms with Crippen molar-refractivity contribution in [3.05, 3.63) is 94.7 Å². The van der Waals surface area contributed by atoms with Crippen molar-refractivity contribution >= 4 is 29.1 Å². The number of rotatable bonds is 6. The van der Waals surface area contributed by atoms with Gasteiger partial charge < -0.3 is 14.6 Å². The van der Waals surface area contributed by atoms with Gasteiger partial charge in [0.15, 0.2) is 10.6 Å². The van der Waals surface area contributed by atoms with Crippen LogP contribution in [0.15, 0.2) is 63.5 Å². The summed E-state index contributed by atoms with van der Waals surface area (Å²) in [5, 5.41) is 20.9. The highest BCUT2D eigenvalue weighted by molar-refractivity contribution is 7.07. The van der Waals surface area contributed by atoms with Crippen LogP contribution in [-0.4, -0.2) is 34.3 Å². The van der Waals surface area contributed by atoms with E-state index in [1.165, 1.54) is 28.8 Å². The van der Waals surface area contributed by atoms with E-state index in [1.807, 2.05) is 0 Å². The van der Waals surface area contributed by atoms with Crippen LogP contribution < -0.4 is 19.6 Å². The number of hydrogen-bond acceptors (Lipinski definition) is 9. The van der Waals surface area contributed by atoms with Crippen LogP contribution in [0.1, 0.15) is 31.0 Å². The van der Waals surface area contributed by atoms with E-state index in [-0.39, 0.29) is 16.7 Å². The van der Waals surface area contributed by atoms with Gasteiger partial charge in [-0.25, -0.2) is 9.79 Å². The van der Waals surface area contributed by atoms with Gasteiger partial charge in [0.05, 0.1) is 40.5 Å². The Bertz CT molecular complexity index is 1530. The second-order valence-electron chi connectivity index (χ2n) is 7.58. The molecule has 0 fully saturated rings. The lowest BCUT2D eigenvalue weighted by Crippen LogP contribution is -2.39. The van der Waals surface area contributed by atoms with E-state index in [4.69, 9.17) is 9.47 Å². The van der Waals surface area contributed by atoms with E-state index < -0.39 is 33.9 Å². The summed E-state index contributed by atoms with van der Waals surface area (Å²) in [6.07, 6.45) is 1.49. The monoisotopic (exact) mass is 495 g/mol. The molecule has 2 aromatic carbocycles. The zero-order chi connectivity index (χ0) is 25.3. The van der Waals surface area contributed by atoms with Crippen LogP contribution in [0.2, 0.25) is 0 Å². The minimum atomic E-state index is -0.785. The molecule has 180 valence electrons. The topological polar surface area (TPSA) is 133 Å². The lowest BCUT2D eigenvalue weighted by Gasteiger charge is -2.24. The first-order valence-electron chi connectivity index (χ1n) is 10.6. The number of ether oxygens (including phenoxy) is 2. The summed E-state index contributed by atoms with van der Waals surface area (Å²) in [6.45, 7) is 3.54. The summed E-state index contributed by atoms with van der Waals surface area (Å²) < 4.78 is 12.2. The number of methoxy groups -OCH3 is 1. The smallest absolute Gasteiger partial charge is 0.338 e. The first-order chi connectivity index (χ1) is 16.7. The number of esters is 1. The highest BCUT2D eigenvalue weighted by Gasteiger charge is 2.33. The summed E-state index contributed by atoms with van der Waals surface area (Å²) in [5.74, 6) is -0.422. The Morgan fingerprint density at radius 2 is 2.00 bits per heavy atom. The number of benzene rings is 2. The van der Waals surface area contributed by atoms with E-state index in [1.54, 1.807) is 45.2 Å². The first-order valence-corrected chi connectivity index (χ1v) is 11.4. The summed E-state index contributed by atoms with van der Waals surface area (Å²) in [6, 6.07) is 10.1. The molecule has 1 aliphatic heterocycles. The zero-order valence-corrected chi connectivity index (χ0v) is 19.9. The van der Waals surface area contributed by atoms with Crippen molar-refractivity contribution in [1.29, 1.82) is 0 Å². The van der Waals surface area contributed by atoms with Crippen LogP contribution in [0.4, 0.5) is 5.69 Å². The number of carbonyl (C=O) groups excluding carboxylic acids is 1. The van der Waals surface area contributed by atoms with Gasteiger partial charge in [-0.3, -0.25) is 19.5 Å². The molecule has 0 saturated heterocycles. The quantitative estimate of drug-likeness (QED) is 0.315. The third-order valence-electron chi connectivity index (χ3n) is 5.44. The van der Waals surface area contributed by atoms with Gasteiger partial charge in [-0.05, 0) is 49.2 Å². The zero-order valence-electron chi connectivity index (χ0n) is 19.0. The number of phenolic OH excluding ortho intramolecular Hbond substituents is 1. The summed E-state index contributed by atoms with van der Waals surface area (Å²) in [7, 11) is 1.54. The Morgan fingerprint density at radius 3 is 2.63 bits per heavy atom. The van der Waals surface area contributed by atoms with Crippen LogP contribution in [0, 0.1) is 10.1 Å². The molecule has 11 heteroatoms. The fourth-order valence-electron chi connectivity index (χ4n) is 3.82. The van der Waals surface area contributed by atoms with E-state index in [0.29, 0.717) is 27.4 Å². The summed E-state index contributed by atoms with van der Waals surface area (Å²) in [5.41, 5.74) is 0.814. The fourth-order valence-corrected chi connectivity index (χ4v) is 4.87. The number of aromatic nitrogens is 1. The lowest BCUT2D eigenvalue weighted by atomic mass is 9.96. The number of nitro benzene ring substituents is 1. The summed E-state index contributed by atoms with van der Waals surface area (Å²) >= 11 is 1.10. The second-order valence-corrected chi connectivity index (χ2v) is 8.59. The van der Waals surface area contributed by atoms with Crippen molar-refractivity contribution in [1.82, 2.24) is 4.57 Å². The van der Waals surface area contributed by atoms with Gasteiger partial charge in [-0.2, -0.15) is 0 Å². The molecule has 35 heavy (non-hydrogen) atoms. The van der Waals surface area contributed by atoms with Gasteiger partial charge in [0, 0.05) is 6.07 Å². The molecule has 1 atom stereocenters. The van der Waals surface area contributed by atoms with Gasteiger partial charge in [0.2, 0.25) is 0 Å². The highest BCUT2D eigenvalue weighted by atomic mass is 32.1. The standard InChI is InChI=1S/C24H21N3O7S/c1-4-34-23(30)20-13(2)25-24-26(21(20)15-6-8-16(33-3)9-7-15)22(29)19(35-24)12-14-5-10-18(28)17(11-14)27(31)32/h5-12,21,28H,4H2,1-3H3/b19-12+. The Hall–Kier alpha value is -4.25. The van der Waals surface area contributed by atoms with Crippen LogP contribution in [0.3, 0.4) is 0 Å². The summed E-state index contributed by atoms with van der Waals surface area (Å²) in [4.78, 5) is 41.8. The highest BCUT2D eigenvalue weighted by Crippen LogP contribution is 2.31. The molecule has 1 unspecified atom stereocenters. The molecule has 0 amide bonds. The van der Waals surface area contributed by atoms with Crippen molar-refractivity contribution in [2.45, 2.75) is 19.9 Å². The molecular weight excluding hydrogens is 474 g/mol. The van der Waals surface area contributed by atoms with Crippen molar-refractivity contribution < 1.29 is 24.3 Å². The van der Waals surface area contributed by atoms with Crippen LogP contribution in [0.5, 0.6) is 11.5 Å². The fraction of sp³-hybridized carbons (Fsp3) is 0.208. The van der Waals surface area contributed by atoms with Gasteiger partial charge in [-0.1, -0.05) is 29.5 Å². The molecule has 0 radical (unpaired) electrons. The van der Waals surface area contributed by atoms with E-state index in [9.17, 15) is 24.8 Å². The third-order valence-corrected chi connectivity index (χ3v) is 6.43. The maximum absolute atomic E-state index is 13.5. The van der Waals surface area contributed by atoms with Crippen molar-refractivity contribution in [2.24, 2.45) is 4.99 Å². The maximum Gasteiger partial charge on any atom is 0.338 e. The molecule has 0 aliphatic carbocycles. The van der Waals surface area contributed by atoms with Crippen molar-refractivity contribution in [2.75, 3.05) is 13.7 Å². The number of fused-ring (bicyclic) bond motifs is 1. The average Bonchev–Trinajstić information content (AvgIpc) is 3.13. The maximum atomic E-state index is 13.5. The number of allylic oxidation sites excluding steroid dienone is 1. The molecule has 10 nitrogen and oxygen atoms in total. The molecule has 1 aliphatic rings. The molecular formula is C24H21N3O7S. The number of carbonyl (C=O) groups is 1. The molecule has 1 N–H and O–H groups in total. The average molecular weight is 496 g/mol. The van der Waals surface area contributed by atoms with Crippen molar-refractivity contribution in [3.63, 3.8) is 0 Å². The van der Waals surface area contributed by atoms with E-state index in [0.717, 1.165) is 11.3 Å². The number of thiazole rings is 1.